The largest absolute Gasteiger partial charge is 0.484 e. The van der Waals surface area contributed by atoms with Gasteiger partial charge in [0.25, 0.3) is 0 Å². The molecular weight excluding hydrogens is 311 g/mol. The Morgan fingerprint density at radius 2 is 1.81 bits per heavy atom. The molecule has 0 atom stereocenters. The van der Waals surface area contributed by atoms with Gasteiger partial charge in [-0.15, -0.1) is 0 Å². The van der Waals surface area contributed by atoms with Crippen LogP contribution in [-0.2, 0) is 20.4 Å². The highest BCUT2D eigenvalue weighted by molar-refractivity contribution is 7.91. The molecule has 21 heavy (non-hydrogen) atoms. The molecular formula is C12H14F3NO4S. The van der Waals surface area contributed by atoms with Gasteiger partial charge in [0.1, 0.15) is 11.5 Å². The van der Waals surface area contributed by atoms with Crippen molar-refractivity contribution in [1.82, 2.24) is 5.32 Å². The minimum Gasteiger partial charge on any atom is -0.484 e. The average molecular weight is 325 g/mol. The van der Waals surface area contributed by atoms with Crippen LogP contribution in [0.1, 0.15) is 5.56 Å². The lowest BCUT2D eigenvalue weighted by Crippen LogP contribution is -2.27. The van der Waals surface area contributed by atoms with E-state index in [9.17, 15) is 26.4 Å². The molecule has 0 saturated heterocycles. The summed E-state index contributed by atoms with van der Waals surface area (Å²) in [6, 6.07) is 5.17. The summed E-state index contributed by atoms with van der Waals surface area (Å²) < 4.78 is 63.7. The highest BCUT2D eigenvalue weighted by atomic mass is 32.2. The Kier molecular flexibility index (Phi) is 5.59. The third kappa shape index (κ3) is 6.98. The number of benzene rings is 1. The summed E-state index contributed by atoms with van der Waals surface area (Å²) in [6.45, 7) is -1.42. The van der Waals surface area contributed by atoms with Crippen LogP contribution in [0, 0.1) is 0 Å². The fourth-order valence-corrected chi connectivity index (χ4v) is 2.77. The molecule has 1 aromatic rings. The van der Waals surface area contributed by atoms with Crippen LogP contribution >= 0.6 is 0 Å². The number of hydrogen-bond donors (Lipinski definition) is 1. The Hall–Kier alpha value is -1.77. The van der Waals surface area contributed by atoms with E-state index in [2.05, 4.69) is 10.1 Å². The van der Waals surface area contributed by atoms with Crippen molar-refractivity contribution in [3.8, 4) is 5.75 Å². The minimum atomic E-state index is -4.43. The second kappa shape index (κ2) is 6.79. The maximum Gasteiger partial charge on any atom is 0.422 e. The number of rotatable bonds is 6. The van der Waals surface area contributed by atoms with Gasteiger partial charge < -0.3 is 10.1 Å². The number of hydrogen-bond acceptors (Lipinski definition) is 4. The highest BCUT2D eigenvalue weighted by Crippen LogP contribution is 2.19. The quantitative estimate of drug-likeness (QED) is 0.855. The zero-order valence-electron chi connectivity index (χ0n) is 11.1. The standard InChI is InChI=1S/C12H14F3NO4S/c1-16-11(17)7-21(18,19)6-9-2-4-10(5-3-9)20-8-12(13,14)15/h2-5H,6-8H2,1H3,(H,16,17). The lowest BCUT2D eigenvalue weighted by atomic mass is 10.2. The van der Waals surface area contributed by atoms with Gasteiger partial charge >= 0.3 is 6.18 Å². The monoisotopic (exact) mass is 325 g/mol. The summed E-state index contributed by atoms with van der Waals surface area (Å²) in [5, 5.41) is 2.20. The van der Waals surface area contributed by atoms with Crippen LogP contribution in [0.2, 0.25) is 0 Å². The maximum atomic E-state index is 12.0. The van der Waals surface area contributed by atoms with Crippen molar-refractivity contribution < 1.29 is 31.1 Å². The molecule has 0 aliphatic carbocycles. The van der Waals surface area contributed by atoms with Gasteiger partial charge in [-0.2, -0.15) is 13.2 Å². The molecule has 0 aliphatic rings. The van der Waals surface area contributed by atoms with Gasteiger partial charge in [0.2, 0.25) is 5.91 Å². The van der Waals surface area contributed by atoms with Crippen LogP contribution in [-0.4, -0.2) is 39.9 Å². The van der Waals surface area contributed by atoms with Gasteiger partial charge in [-0.25, -0.2) is 8.42 Å². The number of carbonyl (C=O) groups is 1. The smallest absolute Gasteiger partial charge is 0.422 e. The van der Waals surface area contributed by atoms with E-state index < -0.39 is 34.3 Å². The van der Waals surface area contributed by atoms with Gasteiger partial charge in [0.15, 0.2) is 16.4 Å². The predicted molar refractivity (Wildman–Crippen MR) is 69.5 cm³/mol. The summed E-state index contributed by atoms with van der Waals surface area (Å²) in [4.78, 5) is 11.0. The molecule has 9 heteroatoms. The van der Waals surface area contributed by atoms with Gasteiger partial charge in [-0.1, -0.05) is 12.1 Å². The number of sulfone groups is 1. The zero-order valence-corrected chi connectivity index (χ0v) is 11.9. The van der Waals surface area contributed by atoms with Gasteiger partial charge in [-0.05, 0) is 17.7 Å². The van der Waals surface area contributed by atoms with E-state index in [1.165, 1.54) is 31.3 Å². The predicted octanol–water partition coefficient (Wildman–Crippen LogP) is 1.29. The third-order valence-electron chi connectivity index (χ3n) is 2.34. The normalized spacial score (nSPS) is 12.0. The summed E-state index contributed by atoms with van der Waals surface area (Å²) in [5.74, 6) is -1.66. The first-order valence-corrected chi connectivity index (χ1v) is 7.63. The third-order valence-corrected chi connectivity index (χ3v) is 3.82. The van der Waals surface area contributed by atoms with Crippen molar-refractivity contribution in [3.63, 3.8) is 0 Å². The lowest BCUT2D eigenvalue weighted by molar-refractivity contribution is -0.153. The SMILES string of the molecule is CNC(=O)CS(=O)(=O)Cc1ccc(OCC(F)(F)F)cc1. The van der Waals surface area contributed by atoms with Crippen molar-refractivity contribution >= 4 is 15.7 Å². The Morgan fingerprint density at radius 1 is 1.24 bits per heavy atom. The number of alkyl halides is 3. The van der Waals surface area contributed by atoms with E-state index >= 15 is 0 Å². The fraction of sp³-hybridized carbons (Fsp3) is 0.417. The Morgan fingerprint density at radius 3 is 2.29 bits per heavy atom. The first kappa shape index (κ1) is 17.3. The maximum absolute atomic E-state index is 12.0. The number of nitrogens with one attached hydrogen (secondary N) is 1. The molecule has 1 aromatic carbocycles. The molecule has 5 nitrogen and oxygen atoms in total. The van der Waals surface area contributed by atoms with Crippen molar-refractivity contribution in [2.75, 3.05) is 19.4 Å². The molecule has 118 valence electrons. The fourth-order valence-electron chi connectivity index (χ4n) is 1.42. The number of halogens is 3. The molecule has 1 N–H and O–H groups in total. The molecule has 1 amide bonds. The summed E-state index contributed by atoms with van der Waals surface area (Å²) in [5.41, 5.74) is 0.360. The van der Waals surface area contributed by atoms with Gasteiger partial charge in [0, 0.05) is 7.05 Å². The zero-order chi connectivity index (χ0) is 16.1. The molecule has 0 heterocycles. The van der Waals surface area contributed by atoms with Crippen LogP contribution in [0.25, 0.3) is 0 Å². The van der Waals surface area contributed by atoms with Crippen LogP contribution in [0.3, 0.4) is 0 Å². The van der Waals surface area contributed by atoms with E-state index in [-0.39, 0.29) is 11.5 Å². The number of amides is 1. The second-order valence-corrected chi connectivity index (χ2v) is 6.32. The van der Waals surface area contributed by atoms with Crippen molar-refractivity contribution in [1.29, 1.82) is 0 Å². The number of carbonyl (C=O) groups excluding carboxylic acids is 1. The highest BCUT2D eigenvalue weighted by Gasteiger charge is 2.28. The average Bonchev–Trinajstić information content (AvgIpc) is 2.36. The van der Waals surface area contributed by atoms with Crippen LogP contribution in [0.5, 0.6) is 5.75 Å². The van der Waals surface area contributed by atoms with Crippen molar-refractivity contribution in [2.45, 2.75) is 11.9 Å². The van der Waals surface area contributed by atoms with E-state index in [4.69, 9.17) is 0 Å². The van der Waals surface area contributed by atoms with E-state index in [0.29, 0.717) is 5.56 Å². The van der Waals surface area contributed by atoms with Gasteiger partial charge in [0.05, 0.1) is 5.75 Å². The van der Waals surface area contributed by atoms with Gasteiger partial charge in [-0.3, -0.25) is 4.79 Å². The lowest BCUT2D eigenvalue weighted by Gasteiger charge is -2.09. The Labute approximate surface area is 120 Å². The minimum absolute atomic E-state index is 0.0141. The molecule has 0 fully saturated rings. The molecule has 0 aromatic heterocycles. The molecule has 0 radical (unpaired) electrons. The topological polar surface area (TPSA) is 72.5 Å². The molecule has 0 saturated carbocycles. The first-order valence-electron chi connectivity index (χ1n) is 5.81. The molecule has 1 rings (SSSR count). The molecule has 0 bridgehead atoms. The van der Waals surface area contributed by atoms with Crippen molar-refractivity contribution in [2.24, 2.45) is 0 Å². The molecule has 0 spiro atoms. The molecule has 0 unspecified atom stereocenters. The van der Waals surface area contributed by atoms with Crippen LogP contribution < -0.4 is 10.1 Å². The summed E-state index contributed by atoms with van der Waals surface area (Å²) in [6.07, 6.45) is -4.43. The Bertz CT molecular complexity index is 582. The number of ether oxygens (including phenoxy) is 1. The summed E-state index contributed by atoms with van der Waals surface area (Å²) >= 11 is 0. The van der Waals surface area contributed by atoms with Crippen LogP contribution in [0.15, 0.2) is 24.3 Å². The van der Waals surface area contributed by atoms with Crippen LogP contribution in [0.4, 0.5) is 13.2 Å². The second-order valence-electron chi connectivity index (χ2n) is 4.25. The van der Waals surface area contributed by atoms with E-state index in [0.717, 1.165) is 0 Å². The van der Waals surface area contributed by atoms with E-state index in [1.54, 1.807) is 0 Å². The van der Waals surface area contributed by atoms with E-state index in [1.807, 2.05) is 0 Å². The van der Waals surface area contributed by atoms with Crippen molar-refractivity contribution in [3.05, 3.63) is 29.8 Å². The summed E-state index contributed by atoms with van der Waals surface area (Å²) in [7, 11) is -2.30. The molecule has 0 aliphatic heterocycles. The first-order chi connectivity index (χ1) is 9.61. The Balaban J connectivity index is 2.64.